The molecule has 0 unspecified atom stereocenters. The number of benzene rings is 2. The Labute approximate surface area is 255 Å². The summed E-state index contributed by atoms with van der Waals surface area (Å²) in [6.45, 7) is 9.66. The normalized spacial score (nSPS) is 14.3. The van der Waals surface area contributed by atoms with Gasteiger partial charge in [0.25, 0.3) is 0 Å². The van der Waals surface area contributed by atoms with Gasteiger partial charge in [0.15, 0.2) is 0 Å². The lowest BCUT2D eigenvalue weighted by Crippen LogP contribution is -2.53. The first kappa shape index (κ1) is 35.6. The summed E-state index contributed by atoms with van der Waals surface area (Å²) in [6, 6.07) is 15.3. The summed E-state index contributed by atoms with van der Waals surface area (Å²) in [7, 11) is 3.10. The maximum atomic E-state index is 13.8. The molecule has 43 heavy (non-hydrogen) atoms. The van der Waals surface area contributed by atoms with Gasteiger partial charge < -0.3 is 35.3 Å². The van der Waals surface area contributed by atoms with E-state index in [2.05, 4.69) is 16.0 Å². The molecule has 0 heterocycles. The van der Waals surface area contributed by atoms with Gasteiger partial charge in [-0.05, 0) is 63.1 Å². The Morgan fingerprint density at radius 1 is 0.884 bits per heavy atom. The minimum absolute atomic E-state index is 0.00723. The van der Waals surface area contributed by atoms with E-state index in [0.29, 0.717) is 25.3 Å². The zero-order valence-corrected chi connectivity index (χ0v) is 26.5. The number of para-hydroxylation sites is 1. The van der Waals surface area contributed by atoms with Crippen LogP contribution < -0.4 is 20.7 Å². The van der Waals surface area contributed by atoms with Crippen LogP contribution in [0.15, 0.2) is 54.6 Å². The van der Waals surface area contributed by atoms with Gasteiger partial charge in [0, 0.05) is 19.6 Å². The highest BCUT2D eigenvalue weighted by Gasteiger charge is 2.33. The van der Waals surface area contributed by atoms with Crippen molar-refractivity contribution in [3.8, 4) is 5.75 Å². The molecule has 0 aliphatic heterocycles. The number of rotatable bonds is 16. The fourth-order valence-corrected chi connectivity index (χ4v) is 4.68. The molecule has 0 aromatic heterocycles. The second-order valence-electron chi connectivity index (χ2n) is 12.0. The lowest BCUT2D eigenvalue weighted by molar-refractivity contribution is -0.132. The molecule has 3 amide bonds. The molecule has 4 N–H and O–H groups in total. The van der Waals surface area contributed by atoms with E-state index in [0.717, 1.165) is 11.1 Å². The van der Waals surface area contributed by atoms with Crippen molar-refractivity contribution in [3.05, 3.63) is 65.7 Å². The highest BCUT2D eigenvalue weighted by Crippen LogP contribution is 2.25. The molecule has 0 radical (unpaired) electrons. The highest BCUT2D eigenvalue weighted by molar-refractivity contribution is 5.88. The van der Waals surface area contributed by atoms with Crippen molar-refractivity contribution in [2.45, 2.75) is 77.7 Å². The van der Waals surface area contributed by atoms with E-state index < -0.39 is 35.8 Å². The molecule has 2 rings (SSSR count). The van der Waals surface area contributed by atoms with Crippen LogP contribution in [0.5, 0.6) is 5.75 Å². The van der Waals surface area contributed by atoms with Crippen molar-refractivity contribution in [1.82, 2.24) is 16.0 Å². The SMILES string of the molecule is COCCNC(=O)[C@@H](NC(=O)[C@H](Cc1ccccc1OC)C[C@H](O)[C@H](Cc1ccccc1)NC(=O)OC(C)(C)C)C(C)C. The first-order valence-corrected chi connectivity index (χ1v) is 14.7. The fraction of sp³-hybridized carbons (Fsp3) is 0.545. The number of methoxy groups -OCH3 is 2. The van der Waals surface area contributed by atoms with E-state index >= 15 is 0 Å². The van der Waals surface area contributed by atoms with E-state index in [9.17, 15) is 19.5 Å². The summed E-state index contributed by atoms with van der Waals surface area (Å²) in [4.78, 5) is 39.5. The second-order valence-corrected chi connectivity index (χ2v) is 12.0. The Morgan fingerprint density at radius 3 is 2.14 bits per heavy atom. The Balaban J connectivity index is 2.36. The largest absolute Gasteiger partial charge is 0.496 e. The fourth-order valence-electron chi connectivity index (χ4n) is 4.68. The second kappa shape index (κ2) is 17.5. The number of hydrogen-bond donors (Lipinski definition) is 4. The number of carbonyl (C=O) groups is 3. The van der Waals surface area contributed by atoms with E-state index in [4.69, 9.17) is 14.2 Å². The van der Waals surface area contributed by atoms with Crippen molar-refractivity contribution in [2.75, 3.05) is 27.4 Å². The van der Waals surface area contributed by atoms with E-state index in [1.165, 1.54) is 0 Å². The molecule has 2 aromatic carbocycles. The minimum Gasteiger partial charge on any atom is -0.496 e. The third kappa shape index (κ3) is 12.6. The van der Waals surface area contributed by atoms with Crippen LogP contribution in [0.1, 0.15) is 52.2 Å². The standard InChI is InChI=1S/C33H49N3O7/c1-22(2)29(31(39)34-17-18-41-6)36-30(38)25(20-24-15-11-12-16-28(24)42-7)21-27(37)26(19-23-13-9-8-10-14-23)35-32(40)43-33(3,4)5/h8-16,22,25-27,29,37H,17-21H2,1-7H3,(H,34,39)(H,35,40)(H,36,38)/t25-,26+,27+,29+/m1/s1. The van der Waals surface area contributed by atoms with Gasteiger partial charge >= 0.3 is 6.09 Å². The minimum atomic E-state index is -1.12. The summed E-state index contributed by atoms with van der Waals surface area (Å²) < 4.78 is 16.0. The lowest BCUT2D eigenvalue weighted by Gasteiger charge is -2.30. The molecule has 10 nitrogen and oxygen atoms in total. The predicted octanol–water partition coefficient (Wildman–Crippen LogP) is 3.64. The first-order valence-electron chi connectivity index (χ1n) is 14.7. The lowest BCUT2D eigenvalue weighted by atomic mass is 9.88. The van der Waals surface area contributed by atoms with Gasteiger partial charge in [-0.3, -0.25) is 9.59 Å². The molecule has 2 aromatic rings. The summed E-state index contributed by atoms with van der Waals surface area (Å²) in [5.41, 5.74) is 0.956. The first-order chi connectivity index (χ1) is 20.3. The van der Waals surface area contributed by atoms with Crippen molar-refractivity contribution in [3.63, 3.8) is 0 Å². The van der Waals surface area contributed by atoms with Crippen LogP contribution in [0.3, 0.4) is 0 Å². The van der Waals surface area contributed by atoms with Crippen LogP contribution in [-0.2, 0) is 31.9 Å². The number of nitrogens with one attached hydrogen (secondary N) is 3. The smallest absolute Gasteiger partial charge is 0.407 e. The van der Waals surface area contributed by atoms with Crippen LogP contribution in [0.2, 0.25) is 0 Å². The molecule has 10 heteroatoms. The van der Waals surface area contributed by atoms with E-state index in [-0.39, 0.29) is 30.6 Å². The average Bonchev–Trinajstić information content (AvgIpc) is 2.94. The van der Waals surface area contributed by atoms with Crippen molar-refractivity contribution in [1.29, 1.82) is 0 Å². The molecule has 0 spiro atoms. The maximum absolute atomic E-state index is 13.8. The zero-order valence-electron chi connectivity index (χ0n) is 26.5. The van der Waals surface area contributed by atoms with Gasteiger partial charge in [0.05, 0.1) is 25.9 Å². The number of alkyl carbamates (subject to hydrolysis) is 1. The number of aliphatic hydroxyl groups is 1. The molecular weight excluding hydrogens is 550 g/mol. The quantitative estimate of drug-likeness (QED) is 0.216. The summed E-state index contributed by atoms with van der Waals surface area (Å²) in [6.07, 6.45) is -1.21. The van der Waals surface area contributed by atoms with Crippen LogP contribution >= 0.6 is 0 Å². The third-order valence-corrected chi connectivity index (χ3v) is 6.87. The van der Waals surface area contributed by atoms with Crippen molar-refractivity contribution >= 4 is 17.9 Å². The predicted molar refractivity (Wildman–Crippen MR) is 166 cm³/mol. The zero-order chi connectivity index (χ0) is 32.0. The molecule has 0 saturated carbocycles. The molecular formula is C33H49N3O7. The van der Waals surface area contributed by atoms with Gasteiger partial charge in [-0.25, -0.2) is 4.79 Å². The average molecular weight is 600 g/mol. The molecule has 238 valence electrons. The molecule has 0 bridgehead atoms. The summed E-state index contributed by atoms with van der Waals surface area (Å²) >= 11 is 0. The van der Waals surface area contributed by atoms with Crippen LogP contribution in [0.4, 0.5) is 4.79 Å². The Bertz CT molecular complexity index is 1150. The Morgan fingerprint density at radius 2 is 1.53 bits per heavy atom. The number of hydrogen-bond acceptors (Lipinski definition) is 7. The number of ether oxygens (including phenoxy) is 3. The van der Waals surface area contributed by atoms with Gasteiger partial charge in [-0.1, -0.05) is 62.4 Å². The van der Waals surface area contributed by atoms with Crippen LogP contribution in [0, 0.1) is 11.8 Å². The molecule has 0 fully saturated rings. The van der Waals surface area contributed by atoms with Gasteiger partial charge in [0.1, 0.15) is 17.4 Å². The Kier molecular flexibility index (Phi) is 14.5. The van der Waals surface area contributed by atoms with Crippen molar-refractivity contribution < 1.29 is 33.7 Å². The maximum Gasteiger partial charge on any atom is 0.407 e. The van der Waals surface area contributed by atoms with Gasteiger partial charge in [-0.15, -0.1) is 0 Å². The number of aliphatic hydroxyl groups excluding tert-OH is 1. The van der Waals surface area contributed by atoms with Crippen molar-refractivity contribution in [2.24, 2.45) is 11.8 Å². The highest BCUT2D eigenvalue weighted by atomic mass is 16.6. The molecule has 4 atom stereocenters. The Hall–Kier alpha value is -3.63. The van der Waals surface area contributed by atoms with Crippen LogP contribution in [0.25, 0.3) is 0 Å². The van der Waals surface area contributed by atoms with Gasteiger partial charge in [0.2, 0.25) is 11.8 Å². The molecule has 0 aliphatic carbocycles. The van der Waals surface area contributed by atoms with E-state index in [1.807, 2.05) is 68.4 Å². The van der Waals surface area contributed by atoms with Crippen LogP contribution in [-0.4, -0.2) is 74.2 Å². The van der Waals surface area contributed by atoms with E-state index in [1.54, 1.807) is 35.0 Å². The third-order valence-electron chi connectivity index (χ3n) is 6.87. The number of carbonyl (C=O) groups excluding carboxylic acids is 3. The molecule has 0 aliphatic rings. The topological polar surface area (TPSA) is 135 Å². The summed E-state index contributed by atoms with van der Waals surface area (Å²) in [5, 5.41) is 20.1. The molecule has 0 saturated heterocycles. The van der Waals surface area contributed by atoms with Gasteiger partial charge in [-0.2, -0.15) is 0 Å². The monoisotopic (exact) mass is 599 g/mol. The summed E-state index contributed by atoms with van der Waals surface area (Å²) in [5.74, 6) is -1.03. The number of amides is 3.